The highest BCUT2D eigenvalue weighted by Gasteiger charge is 2.04. The summed E-state index contributed by atoms with van der Waals surface area (Å²) in [5, 5.41) is 7.25. The Morgan fingerprint density at radius 1 is 1.25 bits per heavy atom. The van der Waals surface area contributed by atoms with Crippen molar-refractivity contribution < 1.29 is 0 Å². The fourth-order valence-electron chi connectivity index (χ4n) is 1.51. The number of nitrogens with two attached hydrogens (primary N) is 1. The predicted octanol–water partition coefficient (Wildman–Crippen LogP) is 3.16. The Morgan fingerprint density at radius 2 is 1.94 bits per heavy atom. The molecule has 0 aliphatic carbocycles. The maximum Gasteiger partial charge on any atom is 0.126 e. The van der Waals surface area contributed by atoms with Crippen molar-refractivity contribution in [2.45, 2.75) is 24.0 Å². The van der Waals surface area contributed by atoms with E-state index in [-0.39, 0.29) is 0 Å². The summed E-state index contributed by atoms with van der Waals surface area (Å²) in [4.78, 5) is 1.28. The topological polar surface area (TPSA) is 54.7 Å². The molecule has 3 nitrogen and oxygen atoms in total. The zero-order valence-corrected chi connectivity index (χ0v) is 10.2. The first kappa shape index (κ1) is 11.1. The van der Waals surface area contributed by atoms with Crippen LogP contribution in [0, 0.1) is 0 Å². The molecule has 0 saturated carbocycles. The quantitative estimate of drug-likeness (QED) is 0.801. The molecule has 1 heterocycles. The fourth-order valence-corrected chi connectivity index (χ4v) is 2.35. The zero-order chi connectivity index (χ0) is 11.5. The van der Waals surface area contributed by atoms with Crippen LogP contribution in [0.3, 0.4) is 0 Å². The van der Waals surface area contributed by atoms with Crippen LogP contribution in [0.4, 0.5) is 5.82 Å². The van der Waals surface area contributed by atoms with Crippen molar-refractivity contribution in [2.75, 3.05) is 5.73 Å². The predicted molar refractivity (Wildman–Crippen MR) is 69.4 cm³/mol. The summed E-state index contributed by atoms with van der Waals surface area (Å²) in [5.74, 6) is 0.615. The molecule has 0 aliphatic rings. The van der Waals surface area contributed by atoms with Crippen molar-refractivity contribution >= 4 is 17.6 Å². The molecule has 4 heteroatoms. The van der Waals surface area contributed by atoms with Crippen LogP contribution in [0.1, 0.15) is 13.8 Å². The van der Waals surface area contributed by atoms with Crippen LogP contribution in [-0.4, -0.2) is 15.4 Å². The van der Waals surface area contributed by atoms with Gasteiger partial charge in [0, 0.05) is 15.7 Å². The van der Waals surface area contributed by atoms with Crippen LogP contribution in [0.2, 0.25) is 0 Å². The Hall–Kier alpha value is -1.42. The number of anilines is 1. The van der Waals surface area contributed by atoms with Crippen LogP contribution < -0.4 is 5.73 Å². The number of nitrogen functional groups attached to an aromatic ring is 1. The lowest BCUT2D eigenvalue weighted by Crippen LogP contribution is -1.88. The highest BCUT2D eigenvalue weighted by molar-refractivity contribution is 7.99. The molecule has 16 heavy (non-hydrogen) atoms. The molecule has 0 radical (unpaired) electrons. The second-order valence-corrected chi connectivity index (χ2v) is 5.54. The van der Waals surface area contributed by atoms with E-state index in [4.69, 9.17) is 5.73 Å². The smallest absolute Gasteiger partial charge is 0.126 e. The third-order valence-corrected chi connectivity index (χ3v) is 3.22. The van der Waals surface area contributed by atoms with Crippen molar-refractivity contribution in [3.63, 3.8) is 0 Å². The van der Waals surface area contributed by atoms with Gasteiger partial charge in [0.15, 0.2) is 0 Å². The molecule has 0 aliphatic heterocycles. The first-order valence-electron chi connectivity index (χ1n) is 5.23. The summed E-state index contributed by atoms with van der Waals surface area (Å²) in [6.45, 7) is 4.37. The van der Waals surface area contributed by atoms with Gasteiger partial charge in [0.1, 0.15) is 5.82 Å². The average Bonchev–Trinajstić information content (AvgIpc) is 2.65. The number of thioether (sulfide) groups is 1. The lowest BCUT2D eigenvalue weighted by molar-refractivity contribution is 1.10. The van der Waals surface area contributed by atoms with Crippen LogP contribution in [-0.2, 0) is 0 Å². The molecule has 0 fully saturated rings. The van der Waals surface area contributed by atoms with Gasteiger partial charge in [0.05, 0.1) is 6.20 Å². The fraction of sp³-hybridized carbons (Fsp3) is 0.250. The van der Waals surface area contributed by atoms with Crippen LogP contribution in [0.5, 0.6) is 0 Å². The molecule has 0 atom stereocenters. The van der Waals surface area contributed by atoms with Crippen molar-refractivity contribution in [3.8, 4) is 11.1 Å². The molecular weight excluding hydrogens is 218 g/mol. The van der Waals surface area contributed by atoms with Gasteiger partial charge in [0.2, 0.25) is 0 Å². The SMILES string of the molecule is CC(C)Sc1ccc(-c2cn[nH]c2N)cc1. The van der Waals surface area contributed by atoms with E-state index in [1.165, 1.54) is 4.90 Å². The third-order valence-electron chi connectivity index (χ3n) is 2.21. The zero-order valence-electron chi connectivity index (χ0n) is 9.40. The van der Waals surface area contributed by atoms with Gasteiger partial charge in [-0.25, -0.2) is 0 Å². The van der Waals surface area contributed by atoms with Crippen LogP contribution in [0.15, 0.2) is 35.4 Å². The summed E-state index contributed by atoms with van der Waals surface area (Å²) >= 11 is 1.85. The van der Waals surface area contributed by atoms with Crippen molar-refractivity contribution in [3.05, 3.63) is 30.5 Å². The monoisotopic (exact) mass is 233 g/mol. The van der Waals surface area contributed by atoms with Crippen molar-refractivity contribution in [2.24, 2.45) is 0 Å². The number of rotatable bonds is 3. The molecule has 84 valence electrons. The number of H-pyrrole nitrogens is 1. The summed E-state index contributed by atoms with van der Waals surface area (Å²) < 4.78 is 0. The van der Waals surface area contributed by atoms with Crippen LogP contribution >= 0.6 is 11.8 Å². The van der Waals surface area contributed by atoms with Gasteiger partial charge in [-0.05, 0) is 17.7 Å². The number of hydrogen-bond donors (Lipinski definition) is 2. The van der Waals surface area contributed by atoms with Gasteiger partial charge in [-0.2, -0.15) is 5.10 Å². The maximum atomic E-state index is 5.77. The third kappa shape index (κ3) is 2.39. The standard InChI is InChI=1S/C12H15N3S/c1-8(2)16-10-5-3-9(4-6-10)11-7-14-15-12(11)13/h3-8H,1-2H3,(H3,13,14,15). The van der Waals surface area contributed by atoms with Crippen molar-refractivity contribution in [1.29, 1.82) is 0 Å². The van der Waals surface area contributed by atoms with E-state index in [0.717, 1.165) is 11.1 Å². The van der Waals surface area contributed by atoms with E-state index in [2.05, 4.69) is 48.3 Å². The number of nitrogens with zero attached hydrogens (tertiary/aromatic N) is 1. The van der Waals surface area contributed by atoms with Crippen molar-refractivity contribution in [1.82, 2.24) is 10.2 Å². The Bertz CT molecular complexity index is 459. The molecule has 2 aromatic rings. The minimum atomic E-state index is 0.602. The lowest BCUT2D eigenvalue weighted by atomic mass is 10.1. The van der Waals surface area contributed by atoms with E-state index in [9.17, 15) is 0 Å². The van der Waals surface area contributed by atoms with Gasteiger partial charge < -0.3 is 5.73 Å². The summed E-state index contributed by atoms with van der Waals surface area (Å²) in [6.07, 6.45) is 1.75. The summed E-state index contributed by atoms with van der Waals surface area (Å²) in [5.41, 5.74) is 7.82. The molecule has 1 aromatic carbocycles. The molecule has 2 rings (SSSR count). The first-order valence-corrected chi connectivity index (χ1v) is 6.10. The minimum Gasteiger partial charge on any atom is -0.384 e. The Kier molecular flexibility index (Phi) is 3.19. The Morgan fingerprint density at radius 3 is 2.44 bits per heavy atom. The molecule has 0 unspecified atom stereocenters. The van der Waals surface area contributed by atoms with Gasteiger partial charge in [0.25, 0.3) is 0 Å². The lowest BCUT2D eigenvalue weighted by Gasteiger charge is -2.05. The van der Waals surface area contributed by atoms with E-state index >= 15 is 0 Å². The number of benzene rings is 1. The van der Waals surface area contributed by atoms with E-state index < -0.39 is 0 Å². The molecule has 0 amide bonds. The van der Waals surface area contributed by atoms with Gasteiger partial charge in [-0.3, -0.25) is 5.10 Å². The number of hydrogen-bond acceptors (Lipinski definition) is 3. The van der Waals surface area contributed by atoms with Crippen LogP contribution in [0.25, 0.3) is 11.1 Å². The Labute approximate surface area is 99.4 Å². The first-order chi connectivity index (χ1) is 7.66. The molecule has 0 spiro atoms. The largest absolute Gasteiger partial charge is 0.384 e. The van der Waals surface area contributed by atoms with E-state index in [0.29, 0.717) is 11.1 Å². The van der Waals surface area contributed by atoms with Gasteiger partial charge in [-0.1, -0.05) is 26.0 Å². The summed E-state index contributed by atoms with van der Waals surface area (Å²) in [7, 11) is 0. The van der Waals surface area contributed by atoms with E-state index in [1.807, 2.05) is 11.8 Å². The number of aromatic nitrogens is 2. The highest BCUT2D eigenvalue weighted by Crippen LogP contribution is 2.28. The molecule has 0 bridgehead atoms. The second kappa shape index (κ2) is 4.61. The second-order valence-electron chi connectivity index (χ2n) is 3.89. The highest BCUT2D eigenvalue weighted by atomic mass is 32.2. The van der Waals surface area contributed by atoms with E-state index in [1.54, 1.807) is 6.20 Å². The normalized spacial score (nSPS) is 10.9. The Balaban J connectivity index is 2.23. The maximum absolute atomic E-state index is 5.77. The van der Waals surface area contributed by atoms with Gasteiger partial charge in [-0.15, -0.1) is 11.8 Å². The van der Waals surface area contributed by atoms with Gasteiger partial charge >= 0.3 is 0 Å². The molecule has 0 saturated heterocycles. The molecule has 1 aromatic heterocycles. The number of nitrogens with one attached hydrogen (secondary N) is 1. The molecular formula is C12H15N3S. The summed E-state index contributed by atoms with van der Waals surface area (Å²) in [6, 6.07) is 8.39. The molecule has 3 N–H and O–H groups in total. The number of aromatic amines is 1. The average molecular weight is 233 g/mol. The minimum absolute atomic E-state index is 0.602.